The minimum atomic E-state index is -4.73. The number of anilines is 1. The van der Waals surface area contributed by atoms with Gasteiger partial charge in [0.05, 0.1) is 4.92 Å². The topological polar surface area (TPSA) is 46.4 Å². The molecule has 7 heteroatoms. The van der Waals surface area contributed by atoms with Crippen LogP contribution in [0.15, 0.2) is 18.2 Å². The molecule has 2 rings (SSSR count). The van der Waals surface area contributed by atoms with Crippen LogP contribution < -0.4 is 4.90 Å². The van der Waals surface area contributed by atoms with Crippen molar-refractivity contribution in [1.82, 2.24) is 0 Å². The summed E-state index contributed by atoms with van der Waals surface area (Å²) in [5, 5.41) is 10.7. The molecule has 0 aromatic heterocycles. The fourth-order valence-electron chi connectivity index (χ4n) is 2.81. The molecule has 1 aromatic carbocycles. The summed E-state index contributed by atoms with van der Waals surface area (Å²) in [5.41, 5.74) is -1.71. The van der Waals surface area contributed by atoms with Gasteiger partial charge in [-0.1, -0.05) is 19.3 Å². The molecule has 0 atom stereocenters. The lowest BCUT2D eigenvalue weighted by atomic mass is 9.94. The predicted octanol–water partition coefficient (Wildman–Crippen LogP) is 4.38. The highest BCUT2D eigenvalue weighted by Crippen LogP contribution is 2.39. The van der Waals surface area contributed by atoms with Gasteiger partial charge >= 0.3 is 6.18 Å². The van der Waals surface area contributed by atoms with Crippen LogP contribution >= 0.6 is 0 Å². The van der Waals surface area contributed by atoms with Crippen LogP contribution in [-0.2, 0) is 6.18 Å². The highest BCUT2D eigenvalue weighted by molar-refractivity contribution is 5.56. The number of nitrogens with zero attached hydrogens (tertiary/aromatic N) is 2. The van der Waals surface area contributed by atoms with Crippen molar-refractivity contribution in [3.63, 3.8) is 0 Å². The molecule has 0 heterocycles. The number of benzene rings is 1. The number of halogens is 3. The molecule has 116 valence electrons. The third-order valence-electron chi connectivity index (χ3n) is 4.01. The molecule has 21 heavy (non-hydrogen) atoms. The van der Waals surface area contributed by atoms with Crippen LogP contribution in [-0.4, -0.2) is 18.0 Å². The van der Waals surface area contributed by atoms with Crippen molar-refractivity contribution in [3.05, 3.63) is 33.9 Å². The number of nitro benzene ring substituents is 1. The quantitative estimate of drug-likeness (QED) is 0.615. The fourth-order valence-corrected chi connectivity index (χ4v) is 2.81. The van der Waals surface area contributed by atoms with E-state index in [1.165, 1.54) is 6.07 Å². The number of hydrogen-bond donors (Lipinski definition) is 0. The van der Waals surface area contributed by atoms with E-state index in [0.717, 1.165) is 44.2 Å². The molecule has 1 aromatic rings. The minimum absolute atomic E-state index is 0.196. The van der Waals surface area contributed by atoms with Gasteiger partial charge in [-0.15, -0.1) is 0 Å². The zero-order valence-electron chi connectivity index (χ0n) is 11.7. The Morgan fingerprint density at radius 3 is 2.38 bits per heavy atom. The smallest absolute Gasteiger partial charge is 0.372 e. The molecule has 0 bridgehead atoms. The minimum Gasteiger partial charge on any atom is -0.372 e. The average Bonchev–Trinajstić information content (AvgIpc) is 2.45. The molecule has 0 amide bonds. The Balaban J connectivity index is 2.34. The second-order valence-electron chi connectivity index (χ2n) is 5.36. The summed E-state index contributed by atoms with van der Waals surface area (Å²) in [4.78, 5) is 11.6. The Kier molecular flexibility index (Phi) is 4.39. The summed E-state index contributed by atoms with van der Waals surface area (Å²) in [6.45, 7) is 0. The van der Waals surface area contributed by atoms with Crippen molar-refractivity contribution in [2.75, 3.05) is 11.9 Å². The Morgan fingerprint density at radius 1 is 1.24 bits per heavy atom. The summed E-state index contributed by atoms with van der Waals surface area (Å²) in [6.07, 6.45) is 0.427. The molecular weight excluding hydrogens is 285 g/mol. The van der Waals surface area contributed by atoms with Crippen molar-refractivity contribution in [3.8, 4) is 0 Å². The van der Waals surface area contributed by atoms with Crippen LogP contribution in [0, 0.1) is 10.1 Å². The summed E-state index contributed by atoms with van der Waals surface area (Å²) in [6, 6.07) is 3.41. The molecule has 1 fully saturated rings. The SMILES string of the molecule is CN(c1ccc([N+](=O)[O-])c(C(F)(F)F)c1)C1CCCCC1. The van der Waals surface area contributed by atoms with E-state index in [4.69, 9.17) is 0 Å². The van der Waals surface area contributed by atoms with Gasteiger partial charge in [0.1, 0.15) is 5.56 Å². The van der Waals surface area contributed by atoms with Crippen LogP contribution in [0.4, 0.5) is 24.5 Å². The van der Waals surface area contributed by atoms with Gasteiger partial charge in [0.2, 0.25) is 0 Å². The van der Waals surface area contributed by atoms with E-state index in [0.29, 0.717) is 5.69 Å². The molecular formula is C14H17F3N2O2. The molecule has 1 saturated carbocycles. The van der Waals surface area contributed by atoms with Gasteiger partial charge in [-0.25, -0.2) is 0 Å². The van der Waals surface area contributed by atoms with Crippen LogP contribution in [0.3, 0.4) is 0 Å². The maximum Gasteiger partial charge on any atom is 0.423 e. The average molecular weight is 302 g/mol. The Labute approximate surface area is 120 Å². The molecule has 0 aliphatic heterocycles. The van der Waals surface area contributed by atoms with E-state index in [1.54, 1.807) is 11.9 Å². The summed E-state index contributed by atoms with van der Waals surface area (Å²) in [5.74, 6) is 0. The maximum atomic E-state index is 13.0. The second-order valence-corrected chi connectivity index (χ2v) is 5.36. The predicted molar refractivity (Wildman–Crippen MR) is 73.4 cm³/mol. The molecule has 0 unspecified atom stereocenters. The Hall–Kier alpha value is -1.79. The van der Waals surface area contributed by atoms with Crippen molar-refractivity contribution >= 4 is 11.4 Å². The molecule has 1 aliphatic carbocycles. The maximum absolute atomic E-state index is 13.0. The first kappa shape index (κ1) is 15.6. The van der Waals surface area contributed by atoms with Crippen molar-refractivity contribution in [2.24, 2.45) is 0 Å². The first-order chi connectivity index (χ1) is 9.80. The zero-order valence-corrected chi connectivity index (χ0v) is 11.7. The molecule has 1 aliphatic rings. The van der Waals surface area contributed by atoms with Gasteiger partial charge in [-0.2, -0.15) is 13.2 Å². The van der Waals surface area contributed by atoms with Gasteiger partial charge < -0.3 is 4.90 Å². The van der Waals surface area contributed by atoms with Crippen molar-refractivity contribution < 1.29 is 18.1 Å². The van der Waals surface area contributed by atoms with E-state index < -0.39 is 22.4 Å². The number of nitro groups is 1. The lowest BCUT2D eigenvalue weighted by Gasteiger charge is -2.33. The van der Waals surface area contributed by atoms with Gasteiger partial charge in [-0.3, -0.25) is 10.1 Å². The Bertz CT molecular complexity index is 525. The van der Waals surface area contributed by atoms with Crippen LogP contribution in [0.2, 0.25) is 0 Å². The van der Waals surface area contributed by atoms with E-state index in [1.807, 2.05) is 0 Å². The van der Waals surface area contributed by atoms with E-state index in [-0.39, 0.29) is 6.04 Å². The van der Waals surface area contributed by atoms with Gasteiger partial charge in [0.15, 0.2) is 0 Å². The first-order valence-electron chi connectivity index (χ1n) is 6.89. The van der Waals surface area contributed by atoms with Crippen molar-refractivity contribution in [1.29, 1.82) is 0 Å². The third kappa shape index (κ3) is 3.46. The third-order valence-corrected chi connectivity index (χ3v) is 4.01. The zero-order chi connectivity index (χ0) is 15.6. The summed E-state index contributed by atoms with van der Waals surface area (Å²) < 4.78 is 38.9. The number of alkyl halides is 3. The molecule has 4 nitrogen and oxygen atoms in total. The van der Waals surface area contributed by atoms with Crippen molar-refractivity contribution in [2.45, 2.75) is 44.3 Å². The second kappa shape index (κ2) is 5.91. The standard InChI is InChI=1S/C14H17F3N2O2/c1-18(10-5-3-2-4-6-10)11-7-8-13(19(20)21)12(9-11)14(15,16)17/h7-10H,2-6H2,1H3. The lowest BCUT2D eigenvalue weighted by Crippen LogP contribution is -2.33. The summed E-state index contributed by atoms with van der Waals surface area (Å²) >= 11 is 0. The number of hydrogen-bond acceptors (Lipinski definition) is 3. The molecule has 0 spiro atoms. The van der Waals surface area contributed by atoms with Gasteiger partial charge in [0.25, 0.3) is 5.69 Å². The summed E-state index contributed by atoms with van der Waals surface area (Å²) in [7, 11) is 1.75. The molecule has 0 radical (unpaired) electrons. The molecule has 0 N–H and O–H groups in total. The highest BCUT2D eigenvalue weighted by atomic mass is 19.4. The Morgan fingerprint density at radius 2 is 1.86 bits per heavy atom. The van der Waals surface area contributed by atoms with E-state index >= 15 is 0 Å². The molecule has 0 saturated heterocycles. The highest BCUT2D eigenvalue weighted by Gasteiger charge is 2.38. The van der Waals surface area contributed by atoms with Crippen LogP contribution in [0.25, 0.3) is 0 Å². The first-order valence-corrected chi connectivity index (χ1v) is 6.89. The van der Waals surface area contributed by atoms with E-state index in [9.17, 15) is 23.3 Å². The number of rotatable bonds is 3. The van der Waals surface area contributed by atoms with E-state index in [2.05, 4.69) is 0 Å². The lowest BCUT2D eigenvalue weighted by molar-refractivity contribution is -0.388. The van der Waals surface area contributed by atoms with Gasteiger partial charge in [0, 0.05) is 24.8 Å². The fraction of sp³-hybridized carbons (Fsp3) is 0.571. The van der Waals surface area contributed by atoms with Crippen LogP contribution in [0.5, 0.6) is 0 Å². The largest absolute Gasteiger partial charge is 0.423 e. The normalized spacial score (nSPS) is 16.8. The van der Waals surface area contributed by atoms with Crippen LogP contribution in [0.1, 0.15) is 37.7 Å². The monoisotopic (exact) mass is 302 g/mol. The van der Waals surface area contributed by atoms with Gasteiger partial charge in [-0.05, 0) is 25.0 Å².